The molecule has 23 nitrogen and oxygen atoms in total. The van der Waals surface area contributed by atoms with Crippen molar-refractivity contribution in [3.8, 4) is 23.0 Å². The molecule has 2 amide bonds. The molecule has 0 aliphatic rings. The highest BCUT2D eigenvalue weighted by molar-refractivity contribution is 7.86. The number of hydrogen-bond donors (Lipinski definition) is 10. The number of carbonyl (C=O) groups is 1. The van der Waals surface area contributed by atoms with E-state index in [9.17, 15) is 77.1 Å². The molecule has 0 fully saturated rings. The molecule has 0 bridgehead atoms. The van der Waals surface area contributed by atoms with Crippen molar-refractivity contribution in [3.63, 3.8) is 0 Å². The van der Waals surface area contributed by atoms with Crippen LogP contribution >= 0.6 is 0 Å². The molecule has 0 aliphatic carbocycles. The third-order valence-electron chi connectivity index (χ3n) is 8.15. The van der Waals surface area contributed by atoms with Gasteiger partial charge in [0.15, 0.2) is 5.75 Å². The first-order valence-corrected chi connectivity index (χ1v) is 21.6. The van der Waals surface area contributed by atoms with Crippen LogP contribution in [0.15, 0.2) is 125 Å². The largest absolute Gasteiger partial charge is 0.506 e. The van der Waals surface area contributed by atoms with Gasteiger partial charge in [0.2, 0.25) is 0 Å². The molecule has 0 radical (unpaired) electrons. The van der Waals surface area contributed by atoms with Gasteiger partial charge in [0, 0.05) is 22.1 Å². The average Bonchev–Trinajstić information content (AvgIpc) is 3.12. The molecule has 0 aliphatic heterocycles. The number of nitrogens with zero attached hydrogens (tertiary/aromatic N) is 4. The van der Waals surface area contributed by atoms with Crippen LogP contribution in [0.3, 0.4) is 0 Å². The summed E-state index contributed by atoms with van der Waals surface area (Å²) in [5.74, 6) is -3.05. The summed E-state index contributed by atoms with van der Waals surface area (Å²) in [6.45, 7) is 0. The lowest BCUT2D eigenvalue weighted by Gasteiger charge is -2.13. The number of benzene rings is 6. The molecule has 27 heteroatoms. The van der Waals surface area contributed by atoms with Crippen molar-refractivity contribution in [1.82, 2.24) is 0 Å². The molecule has 0 saturated carbocycles. The van der Waals surface area contributed by atoms with E-state index in [-0.39, 0.29) is 32.9 Å². The maximum absolute atomic E-state index is 13.0. The van der Waals surface area contributed by atoms with Crippen LogP contribution in [0.5, 0.6) is 23.0 Å². The van der Waals surface area contributed by atoms with Crippen LogP contribution < -0.4 is 10.6 Å². The van der Waals surface area contributed by atoms with Crippen LogP contribution in [-0.4, -0.2) is 78.3 Å². The smallest absolute Gasteiger partial charge is 0.323 e. The Balaban J connectivity index is 1.29. The third-order valence-corrected chi connectivity index (χ3v) is 11.6. The number of anilines is 2. The summed E-state index contributed by atoms with van der Waals surface area (Å²) in [5, 5.41) is 60.5. The summed E-state index contributed by atoms with van der Waals surface area (Å²) < 4.78 is 134. The number of urea groups is 1. The lowest BCUT2D eigenvalue weighted by molar-refractivity contribution is 0.262. The van der Waals surface area contributed by atoms with Crippen LogP contribution in [-0.2, 0) is 40.5 Å². The normalized spacial score (nSPS) is 12.7. The predicted molar refractivity (Wildman–Crippen MR) is 208 cm³/mol. The Labute approximate surface area is 336 Å². The van der Waals surface area contributed by atoms with E-state index in [1.807, 2.05) is 0 Å². The number of hydrogen-bond acceptors (Lipinski definition) is 17. The number of phenols is 4. The average molecular weight is 905 g/mol. The second kappa shape index (κ2) is 15.4. The molecule has 0 aromatic heterocycles. The number of fused-ring (bicyclic) bond motifs is 2. The van der Waals surface area contributed by atoms with E-state index in [1.54, 1.807) is 0 Å². The van der Waals surface area contributed by atoms with Gasteiger partial charge in [-0.15, -0.1) is 20.5 Å². The minimum Gasteiger partial charge on any atom is -0.506 e. The molecule has 6 aromatic rings. The summed E-state index contributed by atoms with van der Waals surface area (Å²) in [6, 6.07) is 12.8. The lowest BCUT2D eigenvalue weighted by Crippen LogP contribution is -2.19. The highest BCUT2D eigenvalue weighted by Crippen LogP contribution is 2.44. The van der Waals surface area contributed by atoms with Gasteiger partial charge < -0.3 is 31.1 Å². The minimum atomic E-state index is -5.20. The SMILES string of the molecule is O=C(Nc1ccc2c(O)c(N=Nc3cc(S(=O)(=O)O)ccc3O)c(S(=O)(=O)O)cc2c1)Nc1ccc2c(S(=O)(=O)O)c(N=Nc3cc(S(=O)(=O)O)ccc3O)c(O)cc2c1. The molecule has 312 valence electrons. The fraction of sp³-hybridized carbons (Fsp3) is 0. The number of rotatable bonds is 10. The number of carbonyl (C=O) groups excluding carboxylic acids is 1. The van der Waals surface area contributed by atoms with Gasteiger partial charge in [0.05, 0.1) is 9.79 Å². The summed E-state index contributed by atoms with van der Waals surface area (Å²) in [4.78, 5) is 9.65. The zero-order chi connectivity index (χ0) is 44.1. The quantitative estimate of drug-likeness (QED) is 0.0534. The number of amides is 2. The Bertz CT molecular complexity index is 3240. The maximum Gasteiger partial charge on any atom is 0.323 e. The predicted octanol–water partition coefficient (Wildman–Crippen LogP) is 6.28. The molecule has 6 rings (SSSR count). The van der Waals surface area contributed by atoms with Crippen LogP contribution in [0.2, 0.25) is 0 Å². The first kappa shape index (κ1) is 42.7. The van der Waals surface area contributed by atoms with Crippen LogP contribution in [0, 0.1) is 0 Å². The molecule has 6 aromatic carbocycles. The van der Waals surface area contributed by atoms with Gasteiger partial charge in [0.1, 0.15) is 49.8 Å². The molecule has 60 heavy (non-hydrogen) atoms. The Hall–Kier alpha value is -6.85. The first-order valence-electron chi connectivity index (χ1n) is 15.9. The van der Waals surface area contributed by atoms with Gasteiger partial charge in [-0.1, -0.05) is 6.07 Å². The number of azo groups is 2. The van der Waals surface area contributed by atoms with Gasteiger partial charge in [-0.05, 0) is 89.6 Å². The molecule has 0 atom stereocenters. The minimum absolute atomic E-state index is 0.0164. The molecule has 0 spiro atoms. The van der Waals surface area contributed by atoms with Gasteiger partial charge in [-0.25, -0.2) is 4.79 Å². The van der Waals surface area contributed by atoms with Crippen molar-refractivity contribution < 1.29 is 77.1 Å². The molecule has 0 unspecified atom stereocenters. The van der Waals surface area contributed by atoms with E-state index in [2.05, 4.69) is 31.1 Å². The Kier molecular flexibility index (Phi) is 11.0. The van der Waals surface area contributed by atoms with E-state index in [0.29, 0.717) is 12.1 Å². The van der Waals surface area contributed by atoms with Crippen molar-refractivity contribution in [3.05, 3.63) is 84.9 Å². The standard InChI is InChI=1S/C33H24N6O17S4/c40-25-7-3-19(57(45,46)47)13-23(25)36-38-29-27(42)11-15-9-18(2-6-22(15)32(29)60(54,55)56)35-33(44)34-17-1-5-21-16(10-17)12-28(59(51,52)53)30(31(21)43)39-37-24-14-20(58(48,49)50)4-8-26(24)41/h1-14,40-43H,(H2,34,35,44)(H,45,46,47)(H,48,49,50)(H,51,52,53)(H,54,55,56). The monoisotopic (exact) mass is 904 g/mol. The second-order valence-corrected chi connectivity index (χ2v) is 17.8. The van der Waals surface area contributed by atoms with E-state index >= 15 is 0 Å². The first-order chi connectivity index (χ1) is 27.8. The molecule has 0 heterocycles. The highest BCUT2D eigenvalue weighted by Gasteiger charge is 2.25. The maximum atomic E-state index is 13.0. The van der Waals surface area contributed by atoms with Crippen molar-refractivity contribution in [2.45, 2.75) is 19.6 Å². The van der Waals surface area contributed by atoms with E-state index in [0.717, 1.165) is 42.5 Å². The fourth-order valence-corrected chi connectivity index (χ4v) is 8.01. The van der Waals surface area contributed by atoms with Crippen LogP contribution in [0.1, 0.15) is 0 Å². The van der Waals surface area contributed by atoms with Gasteiger partial charge in [-0.2, -0.15) is 33.7 Å². The zero-order valence-electron chi connectivity index (χ0n) is 29.3. The summed E-state index contributed by atoms with van der Waals surface area (Å²) in [6.07, 6.45) is 0. The van der Waals surface area contributed by atoms with Gasteiger partial charge in [0.25, 0.3) is 40.5 Å². The molecular formula is C33H24N6O17S4. The topological polar surface area (TPSA) is 389 Å². The zero-order valence-corrected chi connectivity index (χ0v) is 32.5. The lowest BCUT2D eigenvalue weighted by atomic mass is 10.1. The second-order valence-electron chi connectivity index (χ2n) is 12.2. The highest BCUT2D eigenvalue weighted by atomic mass is 32.2. The van der Waals surface area contributed by atoms with E-state index < -0.39 is 112 Å². The van der Waals surface area contributed by atoms with Gasteiger partial charge >= 0.3 is 6.03 Å². The third kappa shape index (κ3) is 9.06. The van der Waals surface area contributed by atoms with Crippen LogP contribution in [0.25, 0.3) is 21.5 Å². The van der Waals surface area contributed by atoms with Crippen molar-refractivity contribution in [2.75, 3.05) is 10.6 Å². The Morgan fingerprint density at radius 2 is 0.933 bits per heavy atom. The summed E-state index contributed by atoms with van der Waals surface area (Å²) >= 11 is 0. The number of aromatic hydroxyl groups is 4. The number of nitrogens with one attached hydrogen (secondary N) is 2. The van der Waals surface area contributed by atoms with E-state index in [4.69, 9.17) is 0 Å². The molecule has 10 N–H and O–H groups in total. The van der Waals surface area contributed by atoms with Crippen molar-refractivity contribution in [1.29, 1.82) is 0 Å². The molecule has 0 saturated heterocycles. The van der Waals surface area contributed by atoms with E-state index in [1.165, 1.54) is 30.3 Å². The fourth-order valence-electron chi connectivity index (χ4n) is 5.50. The van der Waals surface area contributed by atoms with Gasteiger partial charge in [-0.3, -0.25) is 18.2 Å². The number of phenolic OH excluding ortho intramolecular Hbond substituents is 4. The van der Waals surface area contributed by atoms with Crippen LogP contribution in [0.4, 0.5) is 38.9 Å². The molecular weight excluding hydrogens is 881 g/mol. The Morgan fingerprint density at radius 3 is 1.40 bits per heavy atom. The summed E-state index contributed by atoms with van der Waals surface area (Å²) in [5.41, 5.74) is -2.85. The summed E-state index contributed by atoms with van der Waals surface area (Å²) in [7, 11) is -19.9. The van der Waals surface area contributed by atoms with Crippen molar-refractivity contribution >= 4 is 102 Å². The van der Waals surface area contributed by atoms with Crippen molar-refractivity contribution in [2.24, 2.45) is 20.5 Å². The Morgan fingerprint density at radius 1 is 0.467 bits per heavy atom.